The van der Waals surface area contributed by atoms with Gasteiger partial charge >= 0.3 is 0 Å². The lowest BCUT2D eigenvalue weighted by molar-refractivity contribution is -0.123. The summed E-state index contributed by atoms with van der Waals surface area (Å²) in [5, 5.41) is 10.5. The minimum Gasteiger partial charge on any atom is -0.390 e. The molecule has 2 fully saturated rings. The third kappa shape index (κ3) is 3.23. The molecule has 1 N–H and O–H groups in total. The molecule has 4 nitrogen and oxygen atoms in total. The average molecular weight is 257 g/mol. The zero-order valence-electron chi connectivity index (χ0n) is 11.7. The molecule has 0 bridgehead atoms. The van der Waals surface area contributed by atoms with Gasteiger partial charge < -0.3 is 14.6 Å². The van der Waals surface area contributed by atoms with E-state index in [4.69, 9.17) is 9.47 Å². The van der Waals surface area contributed by atoms with Crippen LogP contribution in [0.4, 0.5) is 0 Å². The van der Waals surface area contributed by atoms with Crippen LogP contribution in [0.5, 0.6) is 0 Å². The Morgan fingerprint density at radius 1 is 1.50 bits per heavy atom. The maximum absolute atomic E-state index is 10.5. The minimum atomic E-state index is -0.572. The molecule has 0 saturated carbocycles. The second-order valence-corrected chi connectivity index (χ2v) is 5.73. The number of nitrogens with zero attached hydrogens (tertiary/aromatic N) is 1. The molecular weight excluding hydrogens is 230 g/mol. The third-order valence-corrected chi connectivity index (χ3v) is 4.45. The van der Waals surface area contributed by atoms with Gasteiger partial charge in [0.2, 0.25) is 0 Å². The molecule has 0 aliphatic carbocycles. The molecule has 2 rings (SSSR count). The van der Waals surface area contributed by atoms with Crippen LogP contribution in [0.3, 0.4) is 0 Å². The number of aliphatic hydroxyl groups is 1. The highest BCUT2D eigenvalue weighted by molar-refractivity contribution is 4.96. The second kappa shape index (κ2) is 6.33. The molecule has 0 unspecified atom stereocenters. The van der Waals surface area contributed by atoms with Crippen LogP contribution in [0.25, 0.3) is 0 Å². The van der Waals surface area contributed by atoms with Gasteiger partial charge in [-0.25, -0.2) is 0 Å². The summed E-state index contributed by atoms with van der Waals surface area (Å²) in [5.41, 5.74) is -0.572. The summed E-state index contributed by atoms with van der Waals surface area (Å²) in [5.74, 6) is 0.246. The molecule has 2 saturated heterocycles. The van der Waals surface area contributed by atoms with Crippen molar-refractivity contribution in [2.75, 3.05) is 39.5 Å². The van der Waals surface area contributed by atoms with E-state index in [2.05, 4.69) is 4.90 Å². The van der Waals surface area contributed by atoms with Gasteiger partial charge in [0.15, 0.2) is 0 Å². The summed E-state index contributed by atoms with van der Waals surface area (Å²) >= 11 is 0. The molecule has 2 aliphatic rings. The summed E-state index contributed by atoms with van der Waals surface area (Å²) in [6.45, 7) is 9.07. The normalized spacial score (nSPS) is 38.2. The van der Waals surface area contributed by atoms with E-state index >= 15 is 0 Å². The van der Waals surface area contributed by atoms with Gasteiger partial charge in [0.05, 0.1) is 18.8 Å². The summed E-state index contributed by atoms with van der Waals surface area (Å²) in [6.07, 6.45) is 3.16. The first-order valence-corrected chi connectivity index (χ1v) is 7.27. The van der Waals surface area contributed by atoms with Gasteiger partial charge in [-0.15, -0.1) is 0 Å². The Kier molecular flexibility index (Phi) is 5.01. The van der Waals surface area contributed by atoms with Crippen molar-refractivity contribution in [3.8, 4) is 0 Å². The van der Waals surface area contributed by atoms with E-state index in [-0.39, 0.29) is 5.92 Å². The molecule has 0 aromatic carbocycles. The Hall–Kier alpha value is -0.160. The predicted molar refractivity (Wildman–Crippen MR) is 70.6 cm³/mol. The van der Waals surface area contributed by atoms with E-state index in [0.29, 0.717) is 19.3 Å². The molecule has 2 aliphatic heterocycles. The summed E-state index contributed by atoms with van der Waals surface area (Å²) < 4.78 is 11.0. The maximum Gasteiger partial charge on any atom is 0.0706 e. The van der Waals surface area contributed by atoms with Gasteiger partial charge in [-0.05, 0) is 39.7 Å². The number of rotatable bonds is 5. The van der Waals surface area contributed by atoms with Crippen LogP contribution in [0.2, 0.25) is 0 Å². The van der Waals surface area contributed by atoms with E-state index in [1.54, 1.807) is 0 Å². The number of hydrogen-bond acceptors (Lipinski definition) is 4. The van der Waals surface area contributed by atoms with Crippen LogP contribution in [-0.2, 0) is 9.47 Å². The van der Waals surface area contributed by atoms with Gasteiger partial charge in [-0.2, -0.15) is 0 Å². The summed E-state index contributed by atoms with van der Waals surface area (Å²) in [4.78, 5) is 2.48. The molecule has 0 spiro atoms. The predicted octanol–water partition coefficient (Wildman–Crippen LogP) is 1.27. The second-order valence-electron chi connectivity index (χ2n) is 5.73. The molecule has 18 heavy (non-hydrogen) atoms. The molecule has 0 aromatic heterocycles. The van der Waals surface area contributed by atoms with Crippen LogP contribution in [0.15, 0.2) is 0 Å². The first-order chi connectivity index (χ1) is 8.65. The Balaban J connectivity index is 1.93. The smallest absolute Gasteiger partial charge is 0.0706 e. The standard InChI is InChI=1S/C14H27NO3/c1-3-17-10-8-15-7-4-5-13(15)12-11-18-9-6-14(12,2)16/h12-13,16H,3-11H2,1-2H3/t12-,13-,14-/m1/s1. The monoisotopic (exact) mass is 257 g/mol. The van der Waals surface area contributed by atoms with Gasteiger partial charge in [-0.1, -0.05) is 0 Å². The third-order valence-electron chi connectivity index (χ3n) is 4.45. The van der Waals surface area contributed by atoms with Crippen molar-refractivity contribution in [1.82, 2.24) is 4.90 Å². The molecule has 106 valence electrons. The van der Waals surface area contributed by atoms with E-state index in [0.717, 1.165) is 32.7 Å². The van der Waals surface area contributed by atoms with E-state index in [9.17, 15) is 5.11 Å². The van der Waals surface area contributed by atoms with E-state index in [1.807, 2.05) is 13.8 Å². The van der Waals surface area contributed by atoms with Crippen molar-refractivity contribution in [2.24, 2.45) is 5.92 Å². The fourth-order valence-corrected chi connectivity index (χ4v) is 3.29. The van der Waals surface area contributed by atoms with Crippen LogP contribution in [0, 0.1) is 5.92 Å². The van der Waals surface area contributed by atoms with E-state index in [1.165, 1.54) is 12.8 Å². The van der Waals surface area contributed by atoms with Crippen molar-refractivity contribution < 1.29 is 14.6 Å². The van der Waals surface area contributed by atoms with Crippen LogP contribution in [0.1, 0.15) is 33.1 Å². The first-order valence-electron chi connectivity index (χ1n) is 7.27. The van der Waals surface area contributed by atoms with Gasteiger partial charge in [-0.3, -0.25) is 4.90 Å². The number of hydrogen-bond donors (Lipinski definition) is 1. The van der Waals surface area contributed by atoms with Gasteiger partial charge in [0.1, 0.15) is 0 Å². The lowest BCUT2D eigenvalue weighted by Gasteiger charge is -2.43. The van der Waals surface area contributed by atoms with Gasteiger partial charge in [0, 0.05) is 31.7 Å². The van der Waals surface area contributed by atoms with Crippen LogP contribution >= 0.6 is 0 Å². The minimum absolute atomic E-state index is 0.246. The number of likely N-dealkylation sites (tertiary alicyclic amines) is 1. The quantitative estimate of drug-likeness (QED) is 0.753. The highest BCUT2D eigenvalue weighted by atomic mass is 16.5. The van der Waals surface area contributed by atoms with Crippen molar-refractivity contribution in [1.29, 1.82) is 0 Å². The Morgan fingerprint density at radius 3 is 3.06 bits per heavy atom. The van der Waals surface area contributed by atoms with Crippen LogP contribution in [-0.4, -0.2) is 61.2 Å². The number of ether oxygens (including phenoxy) is 2. The maximum atomic E-state index is 10.5. The molecule has 0 aromatic rings. The zero-order valence-corrected chi connectivity index (χ0v) is 11.7. The zero-order chi connectivity index (χ0) is 13.0. The molecule has 0 radical (unpaired) electrons. The topological polar surface area (TPSA) is 41.9 Å². The largest absolute Gasteiger partial charge is 0.390 e. The summed E-state index contributed by atoms with van der Waals surface area (Å²) in [7, 11) is 0. The Labute approximate surface area is 110 Å². The molecule has 4 heteroatoms. The van der Waals surface area contributed by atoms with Gasteiger partial charge in [0.25, 0.3) is 0 Å². The van der Waals surface area contributed by atoms with Crippen molar-refractivity contribution in [3.05, 3.63) is 0 Å². The molecule has 3 atom stereocenters. The lowest BCUT2D eigenvalue weighted by atomic mass is 9.79. The highest BCUT2D eigenvalue weighted by Crippen LogP contribution is 2.35. The highest BCUT2D eigenvalue weighted by Gasteiger charge is 2.43. The van der Waals surface area contributed by atoms with Crippen molar-refractivity contribution >= 4 is 0 Å². The fourth-order valence-electron chi connectivity index (χ4n) is 3.29. The first kappa shape index (κ1) is 14.3. The Bertz CT molecular complexity index is 257. The van der Waals surface area contributed by atoms with Crippen LogP contribution < -0.4 is 0 Å². The fraction of sp³-hybridized carbons (Fsp3) is 1.00. The lowest BCUT2D eigenvalue weighted by Crippen LogP contribution is -2.52. The Morgan fingerprint density at radius 2 is 2.33 bits per heavy atom. The SMILES string of the molecule is CCOCCN1CCC[C@@H]1[C@H]1COCC[C@@]1(C)O. The average Bonchev–Trinajstić information content (AvgIpc) is 2.77. The van der Waals surface area contributed by atoms with Crippen molar-refractivity contribution in [2.45, 2.75) is 44.8 Å². The van der Waals surface area contributed by atoms with Crippen molar-refractivity contribution in [3.63, 3.8) is 0 Å². The van der Waals surface area contributed by atoms with E-state index < -0.39 is 5.60 Å². The molecular formula is C14H27NO3. The molecule has 2 heterocycles. The molecule has 0 amide bonds. The summed E-state index contributed by atoms with van der Waals surface area (Å²) in [6, 6.07) is 0.459.